The number of aromatic nitrogens is 2. The monoisotopic (exact) mass is 1280 g/mol. The van der Waals surface area contributed by atoms with Crippen LogP contribution in [0.25, 0.3) is 126 Å². The summed E-state index contributed by atoms with van der Waals surface area (Å²) in [6.07, 6.45) is 0. The highest BCUT2D eigenvalue weighted by Crippen LogP contribution is 2.70. The van der Waals surface area contributed by atoms with Gasteiger partial charge in [-0.2, -0.15) is 5.26 Å². The van der Waals surface area contributed by atoms with Gasteiger partial charge in [0.15, 0.2) is 5.69 Å². The van der Waals surface area contributed by atoms with E-state index >= 15 is 0 Å². The molecule has 10 aliphatic rings. The second-order valence-electron chi connectivity index (χ2n) is 30.2. The second-order valence-corrected chi connectivity index (χ2v) is 30.2. The predicted molar refractivity (Wildman–Crippen MR) is 409 cm³/mol. The van der Waals surface area contributed by atoms with Crippen molar-refractivity contribution in [2.45, 2.75) is 34.5 Å². The first-order valence-corrected chi connectivity index (χ1v) is 36.0. The van der Waals surface area contributed by atoms with Crippen LogP contribution in [0.4, 0.5) is 5.69 Å². The minimum atomic E-state index is -0.644. The van der Waals surface area contributed by atoms with Crippen molar-refractivity contribution in [3.8, 4) is 50.6 Å². The van der Waals surface area contributed by atoms with Gasteiger partial charge in [0.1, 0.15) is 0 Å². The van der Waals surface area contributed by atoms with Crippen molar-refractivity contribution in [1.82, 2.24) is 8.80 Å². The fraction of sp³-hybridized carbons (Fsp3) is 0.0612. The molecule has 4 bridgehead atoms. The average Bonchev–Trinajstić information content (AvgIpc) is 1.46. The molecule has 19 aromatic rings. The lowest BCUT2D eigenvalue weighted by Gasteiger charge is -2.43. The zero-order valence-corrected chi connectivity index (χ0v) is 54.7. The summed E-state index contributed by atoms with van der Waals surface area (Å²) in [6, 6.07) is 110. The lowest BCUT2D eigenvalue weighted by Crippen LogP contribution is -2.28. The molecule has 4 nitrogen and oxygen atoms in total. The van der Waals surface area contributed by atoms with Crippen LogP contribution in [0.3, 0.4) is 0 Å². The van der Waals surface area contributed by atoms with Gasteiger partial charge in [-0.1, -0.05) is 243 Å². The lowest BCUT2D eigenvalue weighted by atomic mass is 9.59. The summed E-state index contributed by atoms with van der Waals surface area (Å²) in [4.78, 5) is 4.67. The Morgan fingerprint density at radius 3 is 0.961 bits per heavy atom. The predicted octanol–water partition coefficient (Wildman–Crippen LogP) is 23.1. The molecule has 0 aliphatic heterocycles. The normalized spacial score (nSPS) is 17.9. The van der Waals surface area contributed by atoms with Crippen molar-refractivity contribution >= 4 is 81.9 Å². The van der Waals surface area contributed by atoms with E-state index in [1.54, 1.807) is 0 Å². The van der Waals surface area contributed by atoms with Crippen LogP contribution >= 0.6 is 0 Å². The first-order valence-electron chi connectivity index (χ1n) is 36.0. The summed E-state index contributed by atoms with van der Waals surface area (Å²) in [6.45, 7) is 9.42. The van der Waals surface area contributed by atoms with E-state index in [0.717, 1.165) is 44.4 Å². The number of fused-ring (bicyclic) bond motifs is 34. The Kier molecular flexibility index (Phi) is 8.73. The van der Waals surface area contributed by atoms with Gasteiger partial charge < -0.3 is 8.80 Å². The zero-order chi connectivity index (χ0) is 65.8. The van der Waals surface area contributed by atoms with Gasteiger partial charge >= 0.3 is 0 Å². The smallest absolute Gasteiger partial charge is 0.193 e. The summed E-state index contributed by atoms with van der Waals surface area (Å²) < 4.78 is 5.27. The maximum atomic E-state index is 12.0. The van der Waals surface area contributed by atoms with Gasteiger partial charge in [-0.05, 0) is 192 Å². The van der Waals surface area contributed by atoms with E-state index in [4.69, 9.17) is 0 Å². The summed E-state index contributed by atoms with van der Waals surface area (Å²) in [5.41, 5.74) is 42.9. The minimum Gasteiger partial charge on any atom is -0.309 e. The van der Waals surface area contributed by atoms with Gasteiger partial charge in [0.25, 0.3) is 0 Å². The molecule has 0 atom stereocenters. The maximum Gasteiger partial charge on any atom is 0.193 e. The number of hydrogen-bond donors (Lipinski definition) is 0. The van der Waals surface area contributed by atoms with E-state index in [2.05, 4.69) is 299 Å². The molecule has 102 heavy (non-hydrogen) atoms. The van der Waals surface area contributed by atoms with Gasteiger partial charge in [0, 0.05) is 72.3 Å². The van der Waals surface area contributed by atoms with E-state index < -0.39 is 10.8 Å². The Morgan fingerprint density at radius 1 is 0.294 bits per heavy atom. The molecule has 0 amide bonds. The Balaban J connectivity index is 0.885. The molecule has 0 saturated carbocycles. The van der Waals surface area contributed by atoms with Crippen molar-refractivity contribution < 1.29 is 0 Å². The fourth-order valence-corrected chi connectivity index (χ4v) is 23.7. The standard InChI is InChI=1S/C98H50N4/c1-100-76-47-80-89(94-85-60-32-8-4-28-56(60)83(92(76)94)57-29-5-9-33-61(57)85)67-44-75-87(63-35-15-21-41-73(63)98(75)70-38-18-12-24-52(70)53-25-13-19-39-71(53)98)91-65-45-77-64(46-78(65)102(80)96(67)91)90-86-62-34-14-20-40-72(62)97(68-36-16-10-22-50(68)51-23-11-17-37-69(51)97)74(86)43-66-88-79(101(77)95(66)90)42-49(48-99)81-82-54-26-2-6-30-58(54)84(93(81)88)59-31-7-3-27-55(59)82/h2-47,82-85H. The van der Waals surface area contributed by atoms with E-state index in [1.807, 2.05) is 0 Å². The van der Waals surface area contributed by atoms with Gasteiger partial charge in [-0.3, -0.25) is 0 Å². The molecule has 0 N–H and O–H groups in total. The summed E-state index contributed by atoms with van der Waals surface area (Å²) >= 11 is 0. The largest absolute Gasteiger partial charge is 0.309 e. The molecule has 4 heterocycles. The molecule has 462 valence electrons. The Bertz CT molecular complexity index is 6830. The number of nitrogens with zero attached hydrogens (tertiary/aromatic N) is 4. The Hall–Kier alpha value is -13.1. The Labute approximate surface area is 584 Å². The summed E-state index contributed by atoms with van der Waals surface area (Å²) in [5.74, 6) is -0.376. The topological polar surface area (TPSA) is 37.0 Å². The quantitative estimate of drug-likeness (QED) is 0.139. The van der Waals surface area contributed by atoms with Crippen molar-refractivity contribution in [3.05, 3.63) is 407 Å². The third-order valence-corrected chi connectivity index (χ3v) is 26.7. The van der Waals surface area contributed by atoms with Gasteiger partial charge in [-0.15, -0.1) is 0 Å². The van der Waals surface area contributed by atoms with E-state index in [1.165, 1.54) is 199 Å². The molecule has 0 radical (unpaired) electrons. The third-order valence-electron chi connectivity index (χ3n) is 26.7. The Morgan fingerprint density at radius 2 is 0.598 bits per heavy atom. The molecule has 29 rings (SSSR count). The first-order chi connectivity index (χ1) is 50.6. The number of rotatable bonds is 0. The van der Waals surface area contributed by atoms with Crippen LogP contribution in [0.1, 0.15) is 141 Å². The molecule has 2 spiro atoms. The zero-order valence-electron chi connectivity index (χ0n) is 54.7. The lowest BCUT2D eigenvalue weighted by molar-refractivity contribution is 0.759. The minimum absolute atomic E-state index is 0.0887. The van der Waals surface area contributed by atoms with Crippen molar-refractivity contribution in [2.24, 2.45) is 0 Å². The van der Waals surface area contributed by atoms with Crippen molar-refractivity contribution in [2.75, 3.05) is 0 Å². The van der Waals surface area contributed by atoms with Crippen molar-refractivity contribution in [1.29, 1.82) is 5.26 Å². The van der Waals surface area contributed by atoms with Gasteiger partial charge in [0.2, 0.25) is 0 Å². The molecule has 0 unspecified atom stereocenters. The second kappa shape index (κ2) is 17.1. The first kappa shape index (κ1) is 52.0. The SMILES string of the molecule is [C-]#[N+]c1cc2c(c3c1C1c4ccccc4C3c3ccccc31)c1cc3c(c4c5cc6c(cc5n2c14)c1c2c(cc4c5c7c(c(C#N)cc5n6c41)C1c4ccccc4C7c4ccccc41)C1(c4ccccc4-c4ccccc41)c1ccccc1-2)-c1ccccc1C31c2ccccc2-c2ccccc21. The highest BCUT2D eigenvalue weighted by molar-refractivity contribution is 6.35. The molecule has 4 heteroatoms. The molecule has 0 saturated heterocycles. The number of hydrogen-bond acceptors (Lipinski definition) is 1. The van der Waals surface area contributed by atoms with Crippen LogP contribution in [0.15, 0.2) is 279 Å². The summed E-state index contributed by atoms with van der Waals surface area (Å²) in [5, 5.41) is 21.8. The molecule has 10 aliphatic carbocycles. The van der Waals surface area contributed by atoms with Gasteiger partial charge in [0.05, 0.1) is 56.6 Å². The van der Waals surface area contributed by atoms with Crippen LogP contribution < -0.4 is 0 Å². The van der Waals surface area contributed by atoms with Crippen LogP contribution in [0, 0.1) is 17.9 Å². The average molecular weight is 1280 g/mol. The van der Waals surface area contributed by atoms with Crippen LogP contribution in [-0.4, -0.2) is 8.80 Å². The number of nitriles is 1. The summed E-state index contributed by atoms with van der Waals surface area (Å²) in [7, 11) is 0. The third kappa shape index (κ3) is 5.26. The van der Waals surface area contributed by atoms with Crippen LogP contribution in [0.5, 0.6) is 0 Å². The molecular weight excluding hydrogens is 1230 g/mol. The van der Waals surface area contributed by atoms with E-state index in [0.29, 0.717) is 0 Å². The molecular formula is C98H50N4. The fourth-order valence-electron chi connectivity index (χ4n) is 23.7. The maximum absolute atomic E-state index is 12.0. The van der Waals surface area contributed by atoms with Crippen LogP contribution in [0.2, 0.25) is 0 Å². The van der Waals surface area contributed by atoms with Crippen molar-refractivity contribution in [3.63, 3.8) is 0 Å². The van der Waals surface area contributed by atoms with E-state index in [-0.39, 0.29) is 23.7 Å². The van der Waals surface area contributed by atoms with Crippen LogP contribution in [-0.2, 0) is 10.8 Å². The number of benzene rings is 15. The highest BCUT2D eigenvalue weighted by Gasteiger charge is 2.56. The molecule has 4 aromatic heterocycles. The highest BCUT2D eigenvalue weighted by atomic mass is 14.9. The van der Waals surface area contributed by atoms with E-state index in [9.17, 15) is 11.8 Å². The molecule has 15 aromatic carbocycles. The molecule has 0 fully saturated rings. The van der Waals surface area contributed by atoms with Gasteiger partial charge in [-0.25, -0.2) is 4.85 Å².